The van der Waals surface area contributed by atoms with E-state index in [1.807, 2.05) is 36.4 Å². The molecule has 0 saturated carbocycles. The summed E-state index contributed by atoms with van der Waals surface area (Å²) >= 11 is 1.45. The number of carbonyl (C=O) groups excluding carboxylic acids is 1. The molecule has 0 radical (unpaired) electrons. The second-order valence-corrected chi connectivity index (χ2v) is 6.09. The van der Waals surface area contributed by atoms with E-state index in [4.69, 9.17) is 4.42 Å². The Bertz CT molecular complexity index is 742. The Balaban J connectivity index is 2.11. The molecule has 2 heterocycles. The number of benzene rings is 1. The molecule has 0 bridgehead atoms. The average Bonchev–Trinajstić information content (AvgIpc) is 3.16. The van der Waals surface area contributed by atoms with E-state index in [1.54, 1.807) is 12.3 Å². The van der Waals surface area contributed by atoms with Gasteiger partial charge in [0.2, 0.25) is 5.78 Å². The highest BCUT2D eigenvalue weighted by molar-refractivity contribution is 7.14. The van der Waals surface area contributed by atoms with Crippen molar-refractivity contribution in [1.29, 1.82) is 0 Å². The number of rotatable bonds is 4. The smallest absolute Gasteiger partial charge is 0.205 e. The molecule has 0 amide bonds. The van der Waals surface area contributed by atoms with Crippen LogP contribution in [0.5, 0.6) is 0 Å². The lowest BCUT2D eigenvalue weighted by Gasteiger charge is -1.99. The van der Waals surface area contributed by atoms with Gasteiger partial charge in [-0.05, 0) is 12.1 Å². The van der Waals surface area contributed by atoms with Gasteiger partial charge in [-0.3, -0.25) is 4.79 Å². The molecule has 0 unspecified atom stereocenters. The molecule has 2 aromatic heterocycles. The quantitative estimate of drug-likeness (QED) is 0.652. The first-order valence-electron chi connectivity index (χ1n) is 6.81. The maximum atomic E-state index is 12.7. The predicted octanol–water partition coefficient (Wildman–Crippen LogP) is 4.76. The lowest BCUT2D eigenvalue weighted by Crippen LogP contribution is -2.00. The van der Waals surface area contributed by atoms with Crippen LogP contribution in [0.2, 0.25) is 0 Å². The Morgan fingerprint density at radius 2 is 1.90 bits per heavy atom. The molecule has 1 aromatic carbocycles. The van der Waals surface area contributed by atoms with Gasteiger partial charge < -0.3 is 4.42 Å². The van der Waals surface area contributed by atoms with Crippen molar-refractivity contribution in [3.8, 4) is 11.5 Å². The van der Waals surface area contributed by atoms with Crippen molar-refractivity contribution in [3.05, 3.63) is 64.2 Å². The Hall–Kier alpha value is -2.20. The van der Waals surface area contributed by atoms with E-state index in [2.05, 4.69) is 18.8 Å². The van der Waals surface area contributed by atoms with Crippen LogP contribution < -0.4 is 0 Å². The highest BCUT2D eigenvalue weighted by Gasteiger charge is 2.23. The third kappa shape index (κ3) is 2.67. The summed E-state index contributed by atoms with van der Waals surface area (Å²) in [5.41, 5.74) is 1.31. The first-order chi connectivity index (χ1) is 10.2. The highest BCUT2D eigenvalue weighted by Crippen LogP contribution is 2.33. The van der Waals surface area contributed by atoms with Crippen LogP contribution in [-0.4, -0.2) is 10.8 Å². The fourth-order valence-corrected chi connectivity index (χ4v) is 3.07. The first kappa shape index (κ1) is 13.8. The van der Waals surface area contributed by atoms with Gasteiger partial charge in [-0.1, -0.05) is 44.2 Å². The third-order valence-corrected chi connectivity index (χ3v) is 4.49. The van der Waals surface area contributed by atoms with Crippen LogP contribution in [0, 0.1) is 0 Å². The molecule has 106 valence electrons. The molecule has 0 atom stereocenters. The fourth-order valence-electron chi connectivity index (χ4n) is 2.04. The zero-order valence-corrected chi connectivity index (χ0v) is 12.7. The van der Waals surface area contributed by atoms with Gasteiger partial charge >= 0.3 is 0 Å². The topological polar surface area (TPSA) is 43.1 Å². The summed E-state index contributed by atoms with van der Waals surface area (Å²) in [6, 6.07) is 12.9. The Morgan fingerprint density at radius 1 is 1.14 bits per heavy atom. The molecule has 21 heavy (non-hydrogen) atoms. The van der Waals surface area contributed by atoms with Crippen molar-refractivity contribution in [2.45, 2.75) is 19.8 Å². The van der Waals surface area contributed by atoms with Crippen molar-refractivity contribution < 1.29 is 9.21 Å². The van der Waals surface area contributed by atoms with E-state index in [-0.39, 0.29) is 11.7 Å². The van der Waals surface area contributed by atoms with Crippen LogP contribution in [0.3, 0.4) is 0 Å². The molecule has 0 aliphatic heterocycles. The zero-order valence-electron chi connectivity index (χ0n) is 11.9. The van der Waals surface area contributed by atoms with E-state index in [0.29, 0.717) is 21.9 Å². The van der Waals surface area contributed by atoms with Crippen molar-refractivity contribution in [3.63, 3.8) is 0 Å². The van der Waals surface area contributed by atoms with Crippen LogP contribution in [0.25, 0.3) is 11.5 Å². The summed E-state index contributed by atoms with van der Waals surface area (Å²) in [4.78, 5) is 18.0. The second-order valence-electron chi connectivity index (χ2n) is 5.06. The molecule has 0 saturated heterocycles. The molecule has 3 rings (SSSR count). The Kier molecular flexibility index (Phi) is 3.71. The van der Waals surface area contributed by atoms with E-state index in [1.165, 1.54) is 11.3 Å². The molecule has 0 fully saturated rings. The summed E-state index contributed by atoms with van der Waals surface area (Å²) in [7, 11) is 0. The van der Waals surface area contributed by atoms with Crippen LogP contribution in [0.4, 0.5) is 0 Å². The monoisotopic (exact) mass is 297 g/mol. The van der Waals surface area contributed by atoms with Crippen LogP contribution in [0.1, 0.15) is 40.0 Å². The zero-order chi connectivity index (χ0) is 14.8. The number of aromatic nitrogens is 1. The number of thiazole rings is 1. The SMILES string of the molecule is CC(C)c1nc(-c2ccco2)c(C(=O)c2ccccc2)s1. The number of ketones is 1. The van der Waals surface area contributed by atoms with Crippen molar-refractivity contribution >= 4 is 17.1 Å². The maximum Gasteiger partial charge on any atom is 0.205 e. The summed E-state index contributed by atoms with van der Waals surface area (Å²) in [6.45, 7) is 4.14. The van der Waals surface area contributed by atoms with Crippen molar-refractivity contribution in [2.24, 2.45) is 0 Å². The van der Waals surface area contributed by atoms with Gasteiger partial charge in [-0.15, -0.1) is 11.3 Å². The van der Waals surface area contributed by atoms with E-state index < -0.39 is 0 Å². The maximum absolute atomic E-state index is 12.7. The first-order valence-corrected chi connectivity index (χ1v) is 7.63. The number of hydrogen-bond donors (Lipinski definition) is 0. The van der Waals surface area contributed by atoms with E-state index in [0.717, 1.165) is 5.01 Å². The van der Waals surface area contributed by atoms with Gasteiger partial charge in [0.25, 0.3) is 0 Å². The summed E-state index contributed by atoms with van der Waals surface area (Å²) in [5.74, 6) is 0.907. The minimum absolute atomic E-state index is 0.00796. The molecular weight excluding hydrogens is 282 g/mol. The molecule has 3 nitrogen and oxygen atoms in total. The average molecular weight is 297 g/mol. The molecule has 0 spiro atoms. The van der Waals surface area contributed by atoms with Crippen molar-refractivity contribution in [2.75, 3.05) is 0 Å². The minimum Gasteiger partial charge on any atom is -0.463 e. The molecule has 3 aromatic rings. The Labute approximate surface area is 127 Å². The number of nitrogens with zero attached hydrogens (tertiary/aromatic N) is 1. The third-order valence-electron chi connectivity index (χ3n) is 3.13. The molecule has 0 aliphatic carbocycles. The number of carbonyl (C=O) groups is 1. The minimum atomic E-state index is -0.00796. The lowest BCUT2D eigenvalue weighted by molar-refractivity contribution is 0.104. The highest BCUT2D eigenvalue weighted by atomic mass is 32.1. The van der Waals surface area contributed by atoms with E-state index in [9.17, 15) is 4.79 Å². The van der Waals surface area contributed by atoms with E-state index >= 15 is 0 Å². The summed E-state index contributed by atoms with van der Waals surface area (Å²) in [6.07, 6.45) is 1.60. The second kappa shape index (κ2) is 5.66. The van der Waals surface area contributed by atoms with Gasteiger partial charge in [-0.2, -0.15) is 0 Å². The van der Waals surface area contributed by atoms with Gasteiger partial charge in [0.15, 0.2) is 5.76 Å². The molecule has 4 heteroatoms. The van der Waals surface area contributed by atoms with Crippen molar-refractivity contribution in [1.82, 2.24) is 4.98 Å². The molecule has 0 N–H and O–H groups in total. The number of furan rings is 1. The van der Waals surface area contributed by atoms with Gasteiger partial charge in [0.1, 0.15) is 10.6 Å². The standard InChI is InChI=1S/C17H15NO2S/c1-11(2)17-18-14(13-9-6-10-20-13)16(21-17)15(19)12-7-4-3-5-8-12/h3-11H,1-2H3. The van der Waals surface area contributed by atoms with Crippen LogP contribution in [-0.2, 0) is 0 Å². The molecule has 0 aliphatic rings. The van der Waals surface area contributed by atoms with Gasteiger partial charge in [0, 0.05) is 11.5 Å². The van der Waals surface area contributed by atoms with Gasteiger partial charge in [0.05, 0.1) is 11.3 Å². The summed E-state index contributed by atoms with van der Waals surface area (Å²) in [5, 5.41) is 0.945. The van der Waals surface area contributed by atoms with Gasteiger partial charge in [-0.25, -0.2) is 4.98 Å². The predicted molar refractivity (Wildman–Crippen MR) is 83.8 cm³/mol. The summed E-state index contributed by atoms with van der Waals surface area (Å²) < 4.78 is 5.43. The van der Waals surface area contributed by atoms with Crippen LogP contribution >= 0.6 is 11.3 Å². The fraction of sp³-hybridized carbons (Fsp3) is 0.176. The number of hydrogen-bond acceptors (Lipinski definition) is 4. The lowest BCUT2D eigenvalue weighted by atomic mass is 10.1. The normalized spacial score (nSPS) is 11.0. The Morgan fingerprint density at radius 3 is 2.52 bits per heavy atom. The largest absolute Gasteiger partial charge is 0.463 e. The molecular formula is C17H15NO2S. The van der Waals surface area contributed by atoms with Crippen LogP contribution in [0.15, 0.2) is 53.1 Å².